The molecule has 0 saturated heterocycles. The third-order valence-electron chi connectivity index (χ3n) is 2.39. The van der Waals surface area contributed by atoms with Gasteiger partial charge >= 0.3 is 0 Å². The predicted octanol–water partition coefficient (Wildman–Crippen LogP) is 3.72. The highest BCUT2D eigenvalue weighted by Gasteiger charge is 2.18. The van der Waals surface area contributed by atoms with Crippen molar-refractivity contribution in [3.63, 3.8) is 0 Å². The van der Waals surface area contributed by atoms with Gasteiger partial charge in [0.05, 0.1) is 16.1 Å². The van der Waals surface area contributed by atoms with E-state index in [9.17, 15) is 0 Å². The summed E-state index contributed by atoms with van der Waals surface area (Å²) >= 11 is 6.80. The molecule has 3 rings (SSSR count). The molecule has 0 radical (unpaired) electrons. The third kappa shape index (κ3) is 2.29. The number of anilines is 1. The van der Waals surface area contributed by atoms with Gasteiger partial charge < -0.3 is 5.32 Å². The zero-order valence-electron chi connectivity index (χ0n) is 9.76. The Bertz CT molecular complexity index is 601. The number of rotatable bonds is 2. The fraction of sp³-hybridized carbons (Fsp3) is 0.300. The van der Waals surface area contributed by atoms with E-state index in [2.05, 4.69) is 20.3 Å². The Labute approximate surface area is 121 Å². The molecule has 0 bridgehead atoms. The number of fused-ring (bicyclic) bond motifs is 2. The standard InChI is InChI=1S/C10H10N4S4/c1-15-9-13-7-5(17-9)3-6-8(12-4-11-7)14-10(16-2)18-6/h4H,3H2,1-2H3,(H,11,12). The Kier molecular flexibility index (Phi) is 3.60. The summed E-state index contributed by atoms with van der Waals surface area (Å²) in [5.41, 5.74) is 0. The molecule has 94 valence electrons. The Morgan fingerprint density at radius 1 is 1.11 bits per heavy atom. The molecule has 8 heteroatoms. The van der Waals surface area contributed by atoms with Crippen LogP contribution in [0.1, 0.15) is 9.75 Å². The maximum Gasteiger partial charge on any atom is 0.169 e. The lowest BCUT2D eigenvalue weighted by molar-refractivity contribution is 1.16. The fourth-order valence-corrected chi connectivity index (χ4v) is 4.81. The van der Waals surface area contributed by atoms with Crippen LogP contribution in [-0.2, 0) is 6.42 Å². The summed E-state index contributed by atoms with van der Waals surface area (Å²) in [4.78, 5) is 15.8. The molecule has 0 spiro atoms. The number of thioether (sulfide) groups is 2. The minimum absolute atomic E-state index is 0.835. The molecule has 2 aromatic rings. The summed E-state index contributed by atoms with van der Waals surface area (Å²) in [6, 6.07) is 0. The largest absolute Gasteiger partial charge is 0.330 e. The van der Waals surface area contributed by atoms with E-state index in [0.717, 1.165) is 26.7 Å². The first-order valence-electron chi connectivity index (χ1n) is 5.16. The third-order valence-corrected chi connectivity index (χ3v) is 6.46. The van der Waals surface area contributed by atoms with Gasteiger partial charge in [0.25, 0.3) is 0 Å². The van der Waals surface area contributed by atoms with E-state index in [4.69, 9.17) is 0 Å². The van der Waals surface area contributed by atoms with Crippen molar-refractivity contribution >= 4 is 64.2 Å². The molecule has 0 amide bonds. The molecule has 0 atom stereocenters. The molecule has 1 aliphatic heterocycles. The summed E-state index contributed by atoms with van der Waals surface area (Å²) < 4.78 is 2.15. The lowest BCUT2D eigenvalue weighted by Gasteiger charge is -2.03. The molecule has 0 aliphatic carbocycles. The van der Waals surface area contributed by atoms with Gasteiger partial charge in [0, 0.05) is 6.42 Å². The second-order valence-corrected chi connectivity index (χ2v) is 7.74. The number of nitrogens with zero attached hydrogens (tertiary/aromatic N) is 3. The van der Waals surface area contributed by atoms with Crippen LogP contribution in [0.4, 0.5) is 11.6 Å². The van der Waals surface area contributed by atoms with E-state index in [0.29, 0.717) is 0 Å². The highest BCUT2D eigenvalue weighted by atomic mass is 32.2. The minimum Gasteiger partial charge on any atom is -0.330 e. The normalized spacial score (nSPS) is 15.2. The first-order valence-corrected chi connectivity index (χ1v) is 9.25. The summed E-state index contributed by atoms with van der Waals surface area (Å²) in [7, 11) is 0. The van der Waals surface area contributed by atoms with Crippen LogP contribution in [0.25, 0.3) is 0 Å². The number of aliphatic imine (C=N–C) groups is 1. The predicted molar refractivity (Wildman–Crippen MR) is 82.4 cm³/mol. The zero-order chi connectivity index (χ0) is 12.5. The summed E-state index contributed by atoms with van der Waals surface area (Å²) in [6.45, 7) is 0. The van der Waals surface area contributed by atoms with Gasteiger partial charge in [-0.15, -0.1) is 22.7 Å². The zero-order valence-corrected chi connectivity index (χ0v) is 13.0. The van der Waals surface area contributed by atoms with Crippen LogP contribution >= 0.6 is 46.2 Å². The Hall–Kier alpha value is -0.570. The van der Waals surface area contributed by atoms with Gasteiger partial charge in [0.2, 0.25) is 0 Å². The molecule has 0 unspecified atom stereocenters. The summed E-state index contributed by atoms with van der Waals surface area (Å²) in [5.74, 6) is 1.76. The second-order valence-electron chi connectivity index (χ2n) is 3.47. The van der Waals surface area contributed by atoms with Gasteiger partial charge in [-0.2, -0.15) is 0 Å². The molecule has 1 aliphatic rings. The quantitative estimate of drug-likeness (QED) is 0.856. The van der Waals surface area contributed by atoms with E-state index in [-0.39, 0.29) is 0 Å². The first kappa shape index (κ1) is 12.5. The highest BCUT2D eigenvalue weighted by Crippen LogP contribution is 2.38. The molecule has 2 aromatic heterocycles. The van der Waals surface area contributed by atoms with E-state index >= 15 is 0 Å². The molecule has 0 aromatic carbocycles. The Morgan fingerprint density at radius 2 is 1.83 bits per heavy atom. The summed E-state index contributed by atoms with van der Waals surface area (Å²) in [6.07, 6.45) is 6.64. The average molecular weight is 314 g/mol. The SMILES string of the molecule is CSc1nc2c(s1)Cc1sc(SC)nc1N/C=N\2. The van der Waals surface area contributed by atoms with Crippen molar-refractivity contribution in [3.05, 3.63) is 9.75 Å². The second kappa shape index (κ2) is 5.20. The average Bonchev–Trinajstić information content (AvgIpc) is 2.92. The van der Waals surface area contributed by atoms with Crippen LogP contribution < -0.4 is 5.32 Å². The molecule has 4 nitrogen and oxygen atoms in total. The maximum absolute atomic E-state index is 4.53. The highest BCUT2D eigenvalue weighted by molar-refractivity contribution is 8.00. The molecule has 3 heterocycles. The number of nitrogens with one attached hydrogen (secondary N) is 1. The van der Waals surface area contributed by atoms with Gasteiger partial charge in [-0.3, -0.25) is 0 Å². The van der Waals surface area contributed by atoms with Crippen LogP contribution in [0.3, 0.4) is 0 Å². The summed E-state index contributed by atoms with van der Waals surface area (Å²) in [5, 5.41) is 3.14. The molecule has 0 fully saturated rings. The topological polar surface area (TPSA) is 50.2 Å². The number of hydrogen-bond donors (Lipinski definition) is 1. The van der Waals surface area contributed by atoms with Gasteiger partial charge in [-0.25, -0.2) is 15.0 Å². The smallest absolute Gasteiger partial charge is 0.169 e. The van der Waals surface area contributed by atoms with Crippen molar-refractivity contribution in [2.24, 2.45) is 4.99 Å². The van der Waals surface area contributed by atoms with Crippen LogP contribution in [-0.4, -0.2) is 28.8 Å². The van der Waals surface area contributed by atoms with E-state index in [1.54, 1.807) is 52.5 Å². The van der Waals surface area contributed by atoms with Crippen LogP contribution in [0.15, 0.2) is 13.7 Å². The Balaban J connectivity index is 2.03. The minimum atomic E-state index is 0.835. The van der Waals surface area contributed by atoms with Crippen molar-refractivity contribution in [1.29, 1.82) is 0 Å². The van der Waals surface area contributed by atoms with Crippen LogP contribution in [0.5, 0.6) is 0 Å². The van der Waals surface area contributed by atoms with Gasteiger partial charge in [-0.1, -0.05) is 23.5 Å². The lowest BCUT2D eigenvalue weighted by atomic mass is 10.3. The monoisotopic (exact) mass is 314 g/mol. The van der Waals surface area contributed by atoms with Crippen molar-refractivity contribution in [1.82, 2.24) is 9.97 Å². The van der Waals surface area contributed by atoms with Gasteiger partial charge in [0.1, 0.15) is 5.82 Å². The number of aromatic nitrogens is 2. The molecular weight excluding hydrogens is 304 g/mol. The van der Waals surface area contributed by atoms with Crippen molar-refractivity contribution < 1.29 is 0 Å². The number of thiazole rings is 2. The molecule has 0 saturated carbocycles. The first-order chi connectivity index (χ1) is 8.80. The van der Waals surface area contributed by atoms with E-state index in [1.807, 2.05) is 12.5 Å². The van der Waals surface area contributed by atoms with Crippen molar-refractivity contribution in [3.8, 4) is 0 Å². The van der Waals surface area contributed by atoms with Crippen LogP contribution in [0.2, 0.25) is 0 Å². The van der Waals surface area contributed by atoms with E-state index in [1.165, 1.54) is 9.75 Å². The van der Waals surface area contributed by atoms with Crippen molar-refractivity contribution in [2.45, 2.75) is 15.1 Å². The molecule has 18 heavy (non-hydrogen) atoms. The van der Waals surface area contributed by atoms with Gasteiger partial charge in [0.15, 0.2) is 14.5 Å². The molecule has 1 N–H and O–H groups in total. The fourth-order valence-electron chi connectivity index (χ4n) is 1.58. The van der Waals surface area contributed by atoms with Gasteiger partial charge in [-0.05, 0) is 12.5 Å². The number of hydrogen-bond acceptors (Lipinski definition) is 8. The lowest BCUT2D eigenvalue weighted by Crippen LogP contribution is -2.00. The Morgan fingerprint density at radius 3 is 2.61 bits per heavy atom. The van der Waals surface area contributed by atoms with Crippen LogP contribution in [0, 0.1) is 0 Å². The maximum atomic E-state index is 4.53. The van der Waals surface area contributed by atoms with Crippen molar-refractivity contribution in [2.75, 3.05) is 17.8 Å². The molecular formula is C10H10N4S4. The van der Waals surface area contributed by atoms with E-state index < -0.39 is 0 Å².